The lowest BCUT2D eigenvalue weighted by Gasteiger charge is -2.18. The van der Waals surface area contributed by atoms with Crippen LogP contribution in [0, 0.1) is 10.1 Å². The zero-order valence-corrected chi connectivity index (χ0v) is 17.5. The Kier molecular flexibility index (Phi) is 7.34. The predicted molar refractivity (Wildman–Crippen MR) is 118 cm³/mol. The molecule has 3 rings (SSSR count). The van der Waals surface area contributed by atoms with Gasteiger partial charge in [-0.25, -0.2) is 4.98 Å². The number of imidazole rings is 1. The molecule has 1 aromatic heterocycles. The van der Waals surface area contributed by atoms with Crippen LogP contribution in [0.1, 0.15) is 24.2 Å². The number of carbonyl (C=O) groups excluding carboxylic acids is 1. The van der Waals surface area contributed by atoms with Crippen LogP contribution in [-0.4, -0.2) is 51.5 Å². The number of rotatable bonds is 10. The van der Waals surface area contributed by atoms with Gasteiger partial charge in [-0.3, -0.25) is 14.9 Å². The number of carbonyl (C=O) groups is 1. The van der Waals surface area contributed by atoms with E-state index < -0.39 is 10.8 Å². The number of aromatic nitrogens is 2. The van der Waals surface area contributed by atoms with Gasteiger partial charge in [0.25, 0.3) is 11.6 Å². The van der Waals surface area contributed by atoms with Gasteiger partial charge in [0.2, 0.25) is 0 Å². The zero-order chi connectivity index (χ0) is 22.2. The summed E-state index contributed by atoms with van der Waals surface area (Å²) in [5, 5.41) is 14.2. The number of benzene rings is 2. The van der Waals surface area contributed by atoms with Crippen molar-refractivity contribution in [2.24, 2.45) is 0 Å². The quantitative estimate of drug-likeness (QED) is 0.394. The summed E-state index contributed by atoms with van der Waals surface area (Å²) in [6.45, 7) is 7.61. The summed E-state index contributed by atoms with van der Waals surface area (Å²) in [7, 11) is 0. The van der Waals surface area contributed by atoms with Crippen LogP contribution in [0.25, 0.3) is 5.69 Å². The first-order valence-electron chi connectivity index (χ1n) is 10.0. The van der Waals surface area contributed by atoms with Gasteiger partial charge in [0.15, 0.2) is 0 Å². The van der Waals surface area contributed by atoms with Crippen LogP contribution in [0.15, 0.2) is 61.2 Å². The van der Waals surface area contributed by atoms with Crippen molar-refractivity contribution >= 4 is 17.3 Å². The Morgan fingerprint density at radius 2 is 1.94 bits per heavy atom. The topological polar surface area (TPSA) is 103 Å². The first-order valence-corrected chi connectivity index (χ1v) is 10.0. The highest BCUT2D eigenvalue weighted by molar-refractivity contribution is 6.04. The molecule has 0 radical (unpaired) electrons. The molecule has 3 aromatic rings. The molecular weight excluding hydrogens is 398 g/mol. The van der Waals surface area contributed by atoms with Crippen molar-refractivity contribution < 1.29 is 14.5 Å². The van der Waals surface area contributed by atoms with Gasteiger partial charge >= 0.3 is 0 Å². The second-order valence-electron chi connectivity index (χ2n) is 6.78. The first kappa shape index (κ1) is 22.0. The molecule has 2 aromatic carbocycles. The minimum Gasteiger partial charge on any atom is -0.492 e. The van der Waals surface area contributed by atoms with Crippen molar-refractivity contribution in [3.63, 3.8) is 0 Å². The molecule has 9 nitrogen and oxygen atoms in total. The Balaban J connectivity index is 1.65. The standard InChI is InChI=1S/C22H25N5O4/c1-3-25(4-2)13-14-31-19-8-6-18(7-9-19)24-22(28)17-5-10-20(21(15-17)27(29)30)26-12-11-23-16-26/h5-12,15-16H,3-4,13-14H2,1-2H3,(H,24,28). The molecule has 1 amide bonds. The molecule has 0 bridgehead atoms. The Labute approximate surface area is 180 Å². The summed E-state index contributed by atoms with van der Waals surface area (Å²) >= 11 is 0. The molecule has 0 aliphatic carbocycles. The van der Waals surface area contributed by atoms with Gasteiger partial charge in [0, 0.05) is 36.3 Å². The summed E-state index contributed by atoms with van der Waals surface area (Å²) < 4.78 is 7.27. The van der Waals surface area contributed by atoms with Crippen molar-refractivity contribution in [1.29, 1.82) is 0 Å². The lowest BCUT2D eigenvalue weighted by molar-refractivity contribution is -0.384. The molecule has 0 atom stereocenters. The van der Waals surface area contributed by atoms with E-state index in [1.165, 1.54) is 29.2 Å². The Bertz CT molecular complexity index is 1010. The first-order chi connectivity index (χ1) is 15.0. The number of nitro groups is 1. The van der Waals surface area contributed by atoms with Crippen molar-refractivity contribution in [1.82, 2.24) is 14.5 Å². The average molecular weight is 423 g/mol. The number of hydrogen-bond donors (Lipinski definition) is 1. The second kappa shape index (κ2) is 10.4. The van der Waals surface area contributed by atoms with Gasteiger partial charge in [-0.15, -0.1) is 0 Å². The molecule has 0 unspecified atom stereocenters. The predicted octanol–water partition coefficient (Wildman–Crippen LogP) is 3.75. The molecule has 0 aliphatic heterocycles. The molecule has 1 heterocycles. The van der Waals surface area contributed by atoms with Crippen LogP contribution < -0.4 is 10.1 Å². The van der Waals surface area contributed by atoms with E-state index in [-0.39, 0.29) is 11.3 Å². The van der Waals surface area contributed by atoms with Gasteiger partial charge in [-0.2, -0.15) is 0 Å². The fraction of sp³-hybridized carbons (Fsp3) is 0.273. The molecule has 162 valence electrons. The van der Waals surface area contributed by atoms with Crippen LogP contribution in [0.4, 0.5) is 11.4 Å². The number of nitrogens with zero attached hydrogens (tertiary/aromatic N) is 4. The highest BCUT2D eigenvalue weighted by Crippen LogP contribution is 2.25. The van der Waals surface area contributed by atoms with E-state index in [1.54, 1.807) is 36.5 Å². The number of likely N-dealkylation sites (N-methyl/N-ethyl adjacent to an activating group) is 1. The molecule has 0 saturated carbocycles. The molecule has 0 aliphatic rings. The van der Waals surface area contributed by atoms with Crippen LogP contribution in [0.3, 0.4) is 0 Å². The highest BCUT2D eigenvalue weighted by atomic mass is 16.6. The second-order valence-corrected chi connectivity index (χ2v) is 6.78. The maximum atomic E-state index is 12.6. The van der Waals surface area contributed by atoms with Crippen molar-refractivity contribution in [3.8, 4) is 11.4 Å². The largest absolute Gasteiger partial charge is 0.492 e. The molecule has 0 saturated heterocycles. The normalized spacial score (nSPS) is 10.8. The van der Waals surface area contributed by atoms with Crippen LogP contribution in [-0.2, 0) is 0 Å². The van der Waals surface area contributed by atoms with E-state index >= 15 is 0 Å². The van der Waals surface area contributed by atoms with Crippen LogP contribution >= 0.6 is 0 Å². The Morgan fingerprint density at radius 3 is 2.55 bits per heavy atom. The lowest BCUT2D eigenvalue weighted by Crippen LogP contribution is -2.27. The number of nitro benzene ring substituents is 1. The van der Waals surface area contributed by atoms with E-state index in [4.69, 9.17) is 4.74 Å². The monoisotopic (exact) mass is 423 g/mol. The van der Waals surface area contributed by atoms with Gasteiger partial charge in [0.1, 0.15) is 18.0 Å². The van der Waals surface area contributed by atoms with Crippen LogP contribution in [0.2, 0.25) is 0 Å². The summed E-state index contributed by atoms with van der Waals surface area (Å²) in [4.78, 5) is 29.7. The molecule has 31 heavy (non-hydrogen) atoms. The van der Waals surface area contributed by atoms with Gasteiger partial charge in [-0.05, 0) is 49.5 Å². The average Bonchev–Trinajstić information content (AvgIpc) is 3.32. The van der Waals surface area contributed by atoms with E-state index in [0.717, 1.165) is 19.6 Å². The highest BCUT2D eigenvalue weighted by Gasteiger charge is 2.19. The number of nitrogens with one attached hydrogen (secondary N) is 1. The zero-order valence-electron chi connectivity index (χ0n) is 17.5. The van der Waals surface area contributed by atoms with Gasteiger partial charge in [0.05, 0.1) is 11.3 Å². The summed E-state index contributed by atoms with van der Waals surface area (Å²) in [6.07, 6.45) is 4.60. The SMILES string of the molecule is CCN(CC)CCOc1ccc(NC(=O)c2ccc(-n3ccnc3)c([N+](=O)[O-])c2)cc1. The van der Waals surface area contributed by atoms with E-state index in [1.807, 2.05) is 0 Å². The van der Waals surface area contributed by atoms with Crippen molar-refractivity contribution in [2.45, 2.75) is 13.8 Å². The number of amides is 1. The molecular formula is C22H25N5O4. The van der Waals surface area contributed by atoms with Crippen molar-refractivity contribution in [2.75, 3.05) is 31.6 Å². The third-order valence-corrected chi connectivity index (χ3v) is 4.90. The Morgan fingerprint density at radius 1 is 1.19 bits per heavy atom. The number of anilines is 1. The third-order valence-electron chi connectivity index (χ3n) is 4.90. The number of ether oxygens (including phenoxy) is 1. The maximum absolute atomic E-state index is 12.6. The molecule has 9 heteroatoms. The fourth-order valence-electron chi connectivity index (χ4n) is 3.10. The van der Waals surface area contributed by atoms with Crippen molar-refractivity contribution in [3.05, 3.63) is 76.9 Å². The van der Waals surface area contributed by atoms with E-state index in [0.29, 0.717) is 23.7 Å². The summed E-state index contributed by atoms with van der Waals surface area (Å²) in [5.41, 5.74) is 0.922. The minimum atomic E-state index is -0.517. The van der Waals surface area contributed by atoms with E-state index in [2.05, 4.69) is 29.0 Å². The molecule has 1 N–H and O–H groups in total. The third kappa shape index (κ3) is 5.67. The van der Waals surface area contributed by atoms with E-state index in [9.17, 15) is 14.9 Å². The fourth-order valence-corrected chi connectivity index (χ4v) is 3.10. The van der Waals surface area contributed by atoms with Gasteiger partial charge in [-0.1, -0.05) is 13.8 Å². The number of hydrogen-bond acceptors (Lipinski definition) is 6. The van der Waals surface area contributed by atoms with Crippen LogP contribution in [0.5, 0.6) is 5.75 Å². The smallest absolute Gasteiger partial charge is 0.294 e. The minimum absolute atomic E-state index is 0.178. The maximum Gasteiger partial charge on any atom is 0.294 e. The lowest BCUT2D eigenvalue weighted by atomic mass is 10.1. The summed E-state index contributed by atoms with van der Waals surface area (Å²) in [6, 6.07) is 11.4. The Hall–Kier alpha value is -3.72. The molecule has 0 spiro atoms. The summed E-state index contributed by atoms with van der Waals surface area (Å²) in [5.74, 6) is 0.279. The molecule has 0 fully saturated rings. The van der Waals surface area contributed by atoms with Gasteiger partial charge < -0.3 is 19.5 Å².